The Kier molecular flexibility index (Phi) is 13.7. The summed E-state index contributed by atoms with van der Waals surface area (Å²) in [5, 5.41) is 11.4. The topological polar surface area (TPSA) is 215 Å². The van der Waals surface area contributed by atoms with E-state index in [1.807, 2.05) is 6.92 Å². The molecule has 1 aliphatic heterocycles. The summed E-state index contributed by atoms with van der Waals surface area (Å²) in [7, 11) is 0. The molecule has 298 valence electrons. The Balaban J connectivity index is 1.41. The normalized spacial score (nSPS) is 20.4. The fourth-order valence-electron chi connectivity index (χ4n) is 7.18. The lowest BCUT2D eigenvalue weighted by Crippen LogP contribution is -2.62. The van der Waals surface area contributed by atoms with E-state index in [1.54, 1.807) is 39.0 Å². The van der Waals surface area contributed by atoms with Gasteiger partial charge in [-0.2, -0.15) is 0 Å². The Morgan fingerprint density at radius 2 is 1.73 bits per heavy atom. The molecular weight excluding hydrogens is 728 g/mol. The number of carbonyl (C=O) groups excluding carboxylic acids is 6. The van der Waals surface area contributed by atoms with Crippen molar-refractivity contribution in [1.29, 1.82) is 0 Å². The number of benzene rings is 1. The van der Waals surface area contributed by atoms with E-state index >= 15 is 0 Å². The van der Waals surface area contributed by atoms with E-state index < -0.39 is 71.0 Å². The number of rotatable bonds is 15. The Labute approximate surface area is 326 Å². The second-order valence-corrected chi connectivity index (χ2v) is 16.2. The largest absolute Gasteiger partial charge is 0.487 e. The molecule has 6 N–H and O–H groups in total. The fraction of sp³-hybridized carbons (Fsp3) is 0.590. The van der Waals surface area contributed by atoms with Crippen LogP contribution in [0, 0.1) is 11.3 Å². The van der Waals surface area contributed by atoms with Gasteiger partial charge in [-0.25, -0.2) is 4.98 Å². The number of nitrogens with two attached hydrogens (primary N) is 1. The van der Waals surface area contributed by atoms with Crippen LogP contribution in [0.5, 0.6) is 5.75 Å². The minimum atomic E-state index is -1.15. The molecule has 3 fully saturated rings. The van der Waals surface area contributed by atoms with E-state index in [-0.39, 0.29) is 47.8 Å². The first kappa shape index (κ1) is 41.4. The van der Waals surface area contributed by atoms with E-state index in [0.29, 0.717) is 24.9 Å². The monoisotopic (exact) mass is 780 g/mol. The Morgan fingerprint density at radius 1 is 1.00 bits per heavy atom. The van der Waals surface area contributed by atoms with Crippen LogP contribution in [0.25, 0.3) is 0 Å². The van der Waals surface area contributed by atoms with Crippen molar-refractivity contribution in [2.45, 2.75) is 128 Å². The van der Waals surface area contributed by atoms with Crippen molar-refractivity contribution in [1.82, 2.24) is 36.1 Å². The van der Waals surface area contributed by atoms with E-state index in [2.05, 4.69) is 31.2 Å². The summed E-state index contributed by atoms with van der Waals surface area (Å²) in [5.74, 6) is -3.71. The highest BCUT2D eigenvalue weighted by Crippen LogP contribution is 2.34. The summed E-state index contributed by atoms with van der Waals surface area (Å²) >= 11 is 6.44. The lowest BCUT2D eigenvalue weighted by molar-refractivity contribution is -0.145. The van der Waals surface area contributed by atoms with Gasteiger partial charge in [-0.1, -0.05) is 71.0 Å². The summed E-state index contributed by atoms with van der Waals surface area (Å²) in [5.41, 5.74) is 5.50. The third kappa shape index (κ3) is 10.7. The molecule has 2 aliphatic carbocycles. The Hall–Kier alpha value is -4.79. The van der Waals surface area contributed by atoms with Crippen LogP contribution >= 0.6 is 11.6 Å². The standard InChI is InChI=1S/C39H53ClN8O7/c1-5-10-26(32(49)37(53)44-23-15-16-23)45-35(51)28-19-24(55-29-14-9-13-25(41)30(29)40)21-48(28)38(54)33(39(2,3)4)47-36(52)31(22-11-7-6-8-12-22)46-34(50)27-20-42-17-18-43-27/h9,13-14,17-18,20,22-24,26,28,31,33H,5-8,10-12,15-16,19,21,41H2,1-4H3,(H,44,53)(H,45,51)(H,46,50)(H,47,52). The smallest absolute Gasteiger partial charge is 0.289 e. The number of nitrogen functional groups attached to an aromatic ring is 1. The maximum absolute atomic E-state index is 14.8. The number of anilines is 1. The fourth-order valence-corrected chi connectivity index (χ4v) is 7.35. The van der Waals surface area contributed by atoms with Gasteiger partial charge in [0.1, 0.15) is 40.7 Å². The molecule has 1 saturated heterocycles. The number of hydrogen-bond acceptors (Lipinski definition) is 10. The molecule has 5 rings (SSSR count). The number of nitrogens with zero attached hydrogens (tertiary/aromatic N) is 3. The lowest BCUT2D eigenvalue weighted by Gasteiger charge is -2.37. The number of amides is 5. The van der Waals surface area contributed by atoms with Gasteiger partial charge in [0.25, 0.3) is 11.8 Å². The molecule has 5 atom stereocenters. The number of aromatic nitrogens is 2. The molecule has 2 heterocycles. The maximum Gasteiger partial charge on any atom is 0.289 e. The Morgan fingerprint density at radius 3 is 2.36 bits per heavy atom. The van der Waals surface area contributed by atoms with E-state index in [1.165, 1.54) is 23.5 Å². The molecule has 0 bridgehead atoms. The molecular formula is C39H53ClN8O7. The second kappa shape index (κ2) is 18.2. The number of ether oxygens (including phenoxy) is 1. The molecule has 0 spiro atoms. The number of carbonyl (C=O) groups is 6. The van der Waals surface area contributed by atoms with Crippen molar-refractivity contribution in [3.05, 3.63) is 47.5 Å². The van der Waals surface area contributed by atoms with Crippen LogP contribution in [-0.4, -0.2) is 93.0 Å². The van der Waals surface area contributed by atoms with Gasteiger partial charge in [0.15, 0.2) is 0 Å². The predicted molar refractivity (Wildman–Crippen MR) is 205 cm³/mol. The number of Topliss-reactive ketones (excluding diaryl/α,β-unsaturated/α-hetero) is 1. The van der Waals surface area contributed by atoms with Crippen molar-refractivity contribution in [2.75, 3.05) is 12.3 Å². The molecule has 16 heteroatoms. The summed E-state index contributed by atoms with van der Waals surface area (Å²) in [6, 6.07) is 0.516. The second-order valence-electron chi connectivity index (χ2n) is 15.9. The van der Waals surface area contributed by atoms with Gasteiger partial charge in [0, 0.05) is 24.9 Å². The average Bonchev–Trinajstić information content (AvgIpc) is 3.88. The predicted octanol–water partition coefficient (Wildman–Crippen LogP) is 3.10. The zero-order valence-electron chi connectivity index (χ0n) is 31.9. The summed E-state index contributed by atoms with van der Waals surface area (Å²) in [6.07, 6.45) is 9.99. The molecule has 0 radical (unpaired) electrons. The number of likely N-dealkylation sites (tertiary alicyclic amines) is 1. The van der Waals surface area contributed by atoms with Crippen LogP contribution in [0.3, 0.4) is 0 Å². The number of hydrogen-bond donors (Lipinski definition) is 5. The van der Waals surface area contributed by atoms with Crippen molar-refractivity contribution in [2.24, 2.45) is 11.3 Å². The van der Waals surface area contributed by atoms with Crippen molar-refractivity contribution in [3.63, 3.8) is 0 Å². The van der Waals surface area contributed by atoms with E-state index in [4.69, 9.17) is 22.1 Å². The molecule has 5 unspecified atom stereocenters. The maximum atomic E-state index is 14.8. The van der Waals surface area contributed by atoms with E-state index in [9.17, 15) is 28.8 Å². The summed E-state index contributed by atoms with van der Waals surface area (Å²) in [6.45, 7) is 7.16. The highest BCUT2D eigenvalue weighted by atomic mass is 35.5. The van der Waals surface area contributed by atoms with Crippen LogP contribution in [0.1, 0.15) is 102 Å². The molecule has 2 saturated carbocycles. The minimum absolute atomic E-state index is 0.0215. The van der Waals surface area contributed by atoms with Gasteiger partial charge in [0.2, 0.25) is 23.5 Å². The Bertz CT molecular complexity index is 1730. The van der Waals surface area contributed by atoms with E-state index in [0.717, 1.165) is 32.1 Å². The van der Waals surface area contributed by atoms with Crippen LogP contribution in [-0.2, 0) is 24.0 Å². The van der Waals surface area contributed by atoms with Gasteiger partial charge >= 0.3 is 0 Å². The van der Waals surface area contributed by atoms with Crippen molar-refractivity contribution < 1.29 is 33.5 Å². The molecule has 5 amide bonds. The molecule has 2 aromatic rings. The van der Waals surface area contributed by atoms with Gasteiger partial charge in [-0.3, -0.25) is 33.8 Å². The molecule has 1 aromatic carbocycles. The van der Waals surface area contributed by atoms with Crippen LogP contribution in [0.15, 0.2) is 36.8 Å². The number of ketones is 1. The zero-order chi connectivity index (χ0) is 39.9. The average molecular weight is 781 g/mol. The van der Waals surface area contributed by atoms with Crippen molar-refractivity contribution >= 4 is 52.6 Å². The van der Waals surface area contributed by atoms with Gasteiger partial charge < -0.3 is 36.6 Å². The number of nitrogens with one attached hydrogen (secondary N) is 4. The van der Waals surface area contributed by atoms with Gasteiger partial charge in [-0.15, -0.1) is 0 Å². The van der Waals surface area contributed by atoms with Crippen molar-refractivity contribution in [3.8, 4) is 5.75 Å². The first-order valence-corrected chi connectivity index (χ1v) is 19.6. The SMILES string of the molecule is CCCC(NC(=O)C1CC(Oc2cccc(N)c2Cl)CN1C(=O)C(NC(=O)C(NC(=O)c1cnccn1)C1CCCCC1)C(C)(C)C)C(=O)C(=O)NC1CC1. The zero-order valence-corrected chi connectivity index (χ0v) is 32.7. The van der Waals surface area contributed by atoms with Gasteiger partial charge in [0.05, 0.1) is 24.5 Å². The van der Waals surface area contributed by atoms with Crippen LogP contribution < -0.4 is 31.7 Å². The molecule has 15 nitrogen and oxygen atoms in total. The molecule has 1 aromatic heterocycles. The molecule has 55 heavy (non-hydrogen) atoms. The first-order chi connectivity index (χ1) is 26.2. The highest BCUT2D eigenvalue weighted by molar-refractivity contribution is 6.38. The third-order valence-electron chi connectivity index (χ3n) is 10.4. The number of halogens is 1. The summed E-state index contributed by atoms with van der Waals surface area (Å²) in [4.78, 5) is 91.8. The van der Waals surface area contributed by atoms with Crippen LogP contribution in [0.4, 0.5) is 5.69 Å². The van der Waals surface area contributed by atoms with Gasteiger partial charge in [-0.05, 0) is 55.6 Å². The molecule has 3 aliphatic rings. The quantitative estimate of drug-likeness (QED) is 0.132. The highest BCUT2D eigenvalue weighted by Gasteiger charge is 2.47. The minimum Gasteiger partial charge on any atom is -0.487 e. The summed E-state index contributed by atoms with van der Waals surface area (Å²) < 4.78 is 6.22. The third-order valence-corrected chi connectivity index (χ3v) is 10.8. The first-order valence-electron chi connectivity index (χ1n) is 19.2. The van der Waals surface area contributed by atoms with Crippen LogP contribution in [0.2, 0.25) is 5.02 Å². The lowest BCUT2D eigenvalue weighted by atomic mass is 9.82.